The van der Waals surface area contributed by atoms with Crippen molar-refractivity contribution in [3.8, 4) is 0 Å². The monoisotopic (exact) mass is 596 g/mol. The van der Waals surface area contributed by atoms with Crippen LogP contribution < -0.4 is 15.4 Å². The number of hydrogen-bond acceptors (Lipinski definition) is 7. The van der Waals surface area contributed by atoms with Crippen LogP contribution >= 0.6 is 12.6 Å². The Morgan fingerprint density at radius 2 is 1.57 bits per heavy atom. The molecule has 3 atom stereocenters. The number of hydrogen-bond donors (Lipinski definition) is 4. The van der Waals surface area contributed by atoms with Gasteiger partial charge in [-0.15, -0.1) is 0 Å². The average Bonchev–Trinajstić information content (AvgIpc) is 2.84. The largest absolute Gasteiger partial charge is 0.342 e. The van der Waals surface area contributed by atoms with Gasteiger partial charge in [0, 0.05) is 23.8 Å². The zero-order chi connectivity index (χ0) is 31.1. The lowest BCUT2D eigenvalue weighted by Gasteiger charge is -2.40. The number of carbonyl (C=O) groups excluding carboxylic acids is 3. The number of amides is 3. The minimum Gasteiger partial charge on any atom is -0.342 e. The van der Waals surface area contributed by atoms with Gasteiger partial charge >= 0.3 is 0 Å². The molecule has 0 aliphatic heterocycles. The van der Waals surface area contributed by atoms with Crippen molar-refractivity contribution in [1.82, 2.24) is 20.3 Å². The molecule has 1 rings (SSSR count). The second-order valence-electron chi connectivity index (χ2n) is 12.1. The summed E-state index contributed by atoms with van der Waals surface area (Å²) in [4.78, 5) is 41.7. The summed E-state index contributed by atoms with van der Waals surface area (Å²) in [6, 6.07) is 7.69. The van der Waals surface area contributed by atoms with Gasteiger partial charge < -0.3 is 15.5 Å². The second-order valence-corrected chi connectivity index (χ2v) is 14.4. The zero-order valence-corrected chi connectivity index (χ0v) is 27.2. The van der Waals surface area contributed by atoms with Gasteiger partial charge in [0.05, 0.1) is 17.8 Å². The summed E-state index contributed by atoms with van der Waals surface area (Å²) in [6.07, 6.45) is 1.59. The quantitative estimate of drug-likeness (QED) is 0.205. The molecule has 0 radical (unpaired) electrons. The number of likely N-dealkylation sites (N-methyl/N-ethyl adjacent to an activating group) is 2. The fourth-order valence-electron chi connectivity index (χ4n) is 4.56. The fourth-order valence-corrected chi connectivity index (χ4v) is 6.06. The van der Waals surface area contributed by atoms with Crippen molar-refractivity contribution < 1.29 is 22.8 Å². The van der Waals surface area contributed by atoms with Gasteiger partial charge in [-0.05, 0) is 30.9 Å². The molecule has 0 saturated carbocycles. The van der Waals surface area contributed by atoms with Crippen LogP contribution in [0, 0.1) is 11.3 Å². The van der Waals surface area contributed by atoms with Gasteiger partial charge in [0.1, 0.15) is 6.04 Å². The standard InChI is InChI=1S/C29H48N4O5S2/c1-19(2)22(18-20(3)25(34)32-40(37,38)17-16-39)33(10)27(36)24(28(4,5)6)31-26(35)23(30-9)29(7,8)21-14-12-11-13-15-21/h11-15,18-19,22-24,30,39H,16-17H2,1-10H3,(H,31,35)(H,32,34)/b20-18+/t22-,23-,24-/m1/s1. The third kappa shape index (κ3) is 9.62. The van der Waals surface area contributed by atoms with E-state index >= 15 is 0 Å². The molecule has 3 amide bonds. The zero-order valence-electron chi connectivity index (χ0n) is 25.5. The predicted octanol–water partition coefficient (Wildman–Crippen LogP) is 2.89. The maximum atomic E-state index is 13.9. The van der Waals surface area contributed by atoms with Crippen molar-refractivity contribution >= 4 is 40.4 Å². The van der Waals surface area contributed by atoms with E-state index in [4.69, 9.17) is 0 Å². The molecular weight excluding hydrogens is 548 g/mol. The fraction of sp³-hybridized carbons (Fsp3) is 0.621. The van der Waals surface area contributed by atoms with E-state index in [9.17, 15) is 22.8 Å². The Morgan fingerprint density at radius 3 is 2.02 bits per heavy atom. The van der Waals surface area contributed by atoms with Gasteiger partial charge in [0.2, 0.25) is 21.8 Å². The molecule has 1 aromatic carbocycles. The van der Waals surface area contributed by atoms with Crippen molar-refractivity contribution in [2.75, 3.05) is 25.6 Å². The van der Waals surface area contributed by atoms with E-state index in [1.165, 1.54) is 11.8 Å². The molecule has 0 aromatic heterocycles. The minimum atomic E-state index is -3.81. The first kappa shape index (κ1) is 35.7. The molecular formula is C29H48N4O5S2. The SMILES string of the molecule is CN[C@H](C(=O)N[C@H](C(=O)N(C)[C@H](/C=C(\C)C(=O)NS(=O)(=O)CCS)C(C)C)C(C)(C)C)C(C)(C)c1ccccc1. The topological polar surface area (TPSA) is 125 Å². The highest BCUT2D eigenvalue weighted by Gasteiger charge is 2.41. The number of nitrogens with one attached hydrogen (secondary N) is 3. The van der Waals surface area contributed by atoms with Crippen molar-refractivity contribution in [3.05, 3.63) is 47.5 Å². The van der Waals surface area contributed by atoms with E-state index in [-0.39, 0.29) is 34.8 Å². The van der Waals surface area contributed by atoms with Crippen LogP contribution in [-0.2, 0) is 29.8 Å². The molecule has 0 aliphatic carbocycles. The normalized spacial score (nSPS) is 15.2. The molecule has 0 heterocycles. The van der Waals surface area contributed by atoms with Crippen LogP contribution in [0.25, 0.3) is 0 Å². The number of carbonyl (C=O) groups is 3. The number of sulfonamides is 1. The third-order valence-corrected chi connectivity index (χ3v) is 8.82. The Balaban J connectivity index is 3.30. The predicted molar refractivity (Wildman–Crippen MR) is 165 cm³/mol. The lowest BCUT2D eigenvalue weighted by molar-refractivity contribution is -0.140. The Morgan fingerprint density at radius 1 is 1.02 bits per heavy atom. The molecule has 11 heteroatoms. The van der Waals surface area contributed by atoms with E-state index < -0.39 is 44.9 Å². The maximum Gasteiger partial charge on any atom is 0.260 e. The molecule has 0 spiro atoms. The van der Waals surface area contributed by atoms with E-state index in [1.54, 1.807) is 20.2 Å². The van der Waals surface area contributed by atoms with Gasteiger partial charge in [-0.25, -0.2) is 13.1 Å². The van der Waals surface area contributed by atoms with Gasteiger partial charge in [0.15, 0.2) is 0 Å². The first-order valence-electron chi connectivity index (χ1n) is 13.4. The minimum absolute atomic E-state index is 0.0775. The van der Waals surface area contributed by atoms with E-state index in [0.717, 1.165) is 5.56 Å². The van der Waals surface area contributed by atoms with Crippen molar-refractivity contribution in [2.24, 2.45) is 11.3 Å². The highest BCUT2D eigenvalue weighted by Crippen LogP contribution is 2.29. The van der Waals surface area contributed by atoms with Gasteiger partial charge in [-0.3, -0.25) is 14.4 Å². The van der Waals surface area contributed by atoms with Crippen LogP contribution in [0.3, 0.4) is 0 Å². The Labute approximate surface area is 246 Å². The summed E-state index contributed by atoms with van der Waals surface area (Å²) in [7, 11) is -0.462. The van der Waals surface area contributed by atoms with Crippen LogP contribution in [0.2, 0.25) is 0 Å². The summed E-state index contributed by atoms with van der Waals surface area (Å²) in [5.74, 6) is -1.70. The summed E-state index contributed by atoms with van der Waals surface area (Å²) >= 11 is 3.92. The second kappa shape index (κ2) is 14.5. The molecule has 0 bridgehead atoms. The maximum absolute atomic E-state index is 13.9. The molecule has 3 N–H and O–H groups in total. The Bertz CT molecular complexity index is 1160. The molecule has 9 nitrogen and oxygen atoms in total. The summed E-state index contributed by atoms with van der Waals surface area (Å²) in [5, 5.41) is 6.13. The van der Waals surface area contributed by atoms with Crippen molar-refractivity contribution in [1.29, 1.82) is 0 Å². The van der Waals surface area contributed by atoms with Gasteiger partial charge in [-0.2, -0.15) is 12.6 Å². The van der Waals surface area contributed by atoms with E-state index in [1.807, 2.05) is 83.5 Å². The first-order valence-corrected chi connectivity index (χ1v) is 15.7. The van der Waals surface area contributed by atoms with Crippen molar-refractivity contribution in [2.45, 2.75) is 78.9 Å². The number of benzene rings is 1. The first-order chi connectivity index (χ1) is 18.3. The van der Waals surface area contributed by atoms with Gasteiger partial charge in [0.25, 0.3) is 5.91 Å². The molecule has 1 aromatic rings. The Kier molecular flexibility index (Phi) is 12.9. The molecule has 0 unspecified atom stereocenters. The van der Waals surface area contributed by atoms with Crippen LogP contribution in [0.1, 0.15) is 61.0 Å². The van der Waals surface area contributed by atoms with Crippen LogP contribution in [0.5, 0.6) is 0 Å². The summed E-state index contributed by atoms with van der Waals surface area (Å²) in [6.45, 7) is 14.9. The van der Waals surface area contributed by atoms with Crippen LogP contribution in [0.4, 0.5) is 0 Å². The molecule has 40 heavy (non-hydrogen) atoms. The molecule has 226 valence electrons. The lowest BCUT2D eigenvalue weighted by atomic mass is 9.76. The van der Waals surface area contributed by atoms with Crippen LogP contribution in [0.15, 0.2) is 42.0 Å². The number of thiol groups is 1. The van der Waals surface area contributed by atoms with E-state index in [2.05, 4.69) is 23.3 Å². The number of nitrogens with zero attached hydrogens (tertiary/aromatic N) is 1. The summed E-state index contributed by atoms with van der Waals surface area (Å²) in [5.41, 5.74) is -0.0551. The highest BCUT2D eigenvalue weighted by molar-refractivity contribution is 7.91. The molecule has 0 aliphatic rings. The van der Waals surface area contributed by atoms with E-state index in [0.29, 0.717) is 0 Å². The lowest BCUT2D eigenvalue weighted by Crippen LogP contribution is -2.61. The van der Waals surface area contributed by atoms with Crippen LogP contribution in [-0.4, -0.2) is 74.8 Å². The smallest absolute Gasteiger partial charge is 0.260 e. The number of rotatable bonds is 13. The highest BCUT2D eigenvalue weighted by atomic mass is 32.2. The molecule has 0 saturated heterocycles. The summed E-state index contributed by atoms with van der Waals surface area (Å²) < 4.78 is 26.1. The average molecular weight is 597 g/mol. The van der Waals surface area contributed by atoms with Crippen molar-refractivity contribution in [3.63, 3.8) is 0 Å². The third-order valence-electron chi connectivity index (χ3n) is 7.05. The Hall–Kier alpha value is -2.37. The molecule has 0 fully saturated rings. The van der Waals surface area contributed by atoms with Gasteiger partial charge in [-0.1, -0.05) is 84.9 Å².